The number of ether oxygens (including phenoxy) is 1. The van der Waals surface area contributed by atoms with E-state index in [1.54, 1.807) is 0 Å². The molecule has 0 saturated carbocycles. The van der Waals surface area contributed by atoms with E-state index in [0.29, 0.717) is 12.5 Å². The summed E-state index contributed by atoms with van der Waals surface area (Å²) >= 11 is 0. The average molecular weight is 277 g/mol. The number of aromatic nitrogens is 2. The van der Waals surface area contributed by atoms with Crippen LogP contribution in [0.25, 0.3) is 0 Å². The Morgan fingerprint density at radius 2 is 2.15 bits per heavy atom. The highest BCUT2D eigenvalue weighted by Crippen LogP contribution is 2.09. The third-order valence-electron chi connectivity index (χ3n) is 3.10. The zero-order valence-electron chi connectivity index (χ0n) is 12.1. The summed E-state index contributed by atoms with van der Waals surface area (Å²) in [6, 6.07) is 1.93. The molecule has 1 aromatic heterocycles. The summed E-state index contributed by atoms with van der Waals surface area (Å²) in [5.41, 5.74) is 0.945. The molecule has 1 saturated heterocycles. The molecule has 0 aromatic carbocycles. The van der Waals surface area contributed by atoms with Crippen molar-refractivity contribution in [3.8, 4) is 0 Å². The Morgan fingerprint density at radius 1 is 1.35 bits per heavy atom. The number of hydrogen-bond donors (Lipinski definition) is 2. The molecule has 6 heteroatoms. The van der Waals surface area contributed by atoms with Gasteiger partial charge in [-0.05, 0) is 6.92 Å². The van der Waals surface area contributed by atoms with Gasteiger partial charge < -0.3 is 15.4 Å². The molecule has 2 heterocycles. The standard InChI is InChI=1S/C14H23N5O/c1-3-4-15-13-11-12(2)17-14(18-13)16-5-6-19-7-9-20-10-8-19/h3,11H,1,4-10H2,2H3,(H2,15,16,17,18). The van der Waals surface area contributed by atoms with E-state index in [4.69, 9.17) is 4.74 Å². The Hall–Kier alpha value is -1.66. The number of nitrogens with one attached hydrogen (secondary N) is 2. The van der Waals surface area contributed by atoms with Crippen LogP contribution in [0.15, 0.2) is 18.7 Å². The van der Waals surface area contributed by atoms with E-state index in [-0.39, 0.29) is 0 Å². The van der Waals surface area contributed by atoms with E-state index in [1.807, 2.05) is 19.1 Å². The fourth-order valence-electron chi connectivity index (χ4n) is 2.07. The summed E-state index contributed by atoms with van der Waals surface area (Å²) < 4.78 is 5.33. The monoisotopic (exact) mass is 277 g/mol. The van der Waals surface area contributed by atoms with Gasteiger partial charge in [0.2, 0.25) is 5.95 Å². The minimum atomic E-state index is 0.671. The molecule has 0 spiro atoms. The van der Waals surface area contributed by atoms with Gasteiger partial charge >= 0.3 is 0 Å². The van der Waals surface area contributed by atoms with Gasteiger partial charge in [0.15, 0.2) is 0 Å². The van der Waals surface area contributed by atoms with Gasteiger partial charge in [0, 0.05) is 44.5 Å². The van der Waals surface area contributed by atoms with E-state index >= 15 is 0 Å². The number of aryl methyl sites for hydroxylation is 1. The van der Waals surface area contributed by atoms with Crippen LogP contribution in [0.5, 0.6) is 0 Å². The van der Waals surface area contributed by atoms with Crippen molar-refractivity contribution in [1.82, 2.24) is 14.9 Å². The molecule has 1 aliphatic heterocycles. The Labute approximate surface area is 120 Å². The summed E-state index contributed by atoms with van der Waals surface area (Å²) in [5, 5.41) is 6.46. The molecule has 0 amide bonds. The average Bonchev–Trinajstić information content (AvgIpc) is 2.46. The maximum Gasteiger partial charge on any atom is 0.224 e. The third kappa shape index (κ3) is 4.79. The second kappa shape index (κ2) is 7.81. The highest BCUT2D eigenvalue weighted by molar-refractivity contribution is 5.42. The second-order valence-electron chi connectivity index (χ2n) is 4.77. The van der Waals surface area contributed by atoms with Gasteiger partial charge in [-0.25, -0.2) is 4.98 Å². The maximum atomic E-state index is 5.33. The van der Waals surface area contributed by atoms with E-state index in [9.17, 15) is 0 Å². The number of morpholine rings is 1. The molecule has 0 aliphatic carbocycles. The first kappa shape index (κ1) is 14.7. The van der Waals surface area contributed by atoms with Crippen LogP contribution >= 0.6 is 0 Å². The fourth-order valence-corrected chi connectivity index (χ4v) is 2.07. The zero-order chi connectivity index (χ0) is 14.2. The van der Waals surface area contributed by atoms with Crippen LogP contribution in [0.2, 0.25) is 0 Å². The number of hydrogen-bond acceptors (Lipinski definition) is 6. The number of anilines is 2. The van der Waals surface area contributed by atoms with Crippen molar-refractivity contribution in [3.63, 3.8) is 0 Å². The van der Waals surface area contributed by atoms with Crippen molar-refractivity contribution in [2.45, 2.75) is 6.92 Å². The second-order valence-corrected chi connectivity index (χ2v) is 4.77. The van der Waals surface area contributed by atoms with Crippen LogP contribution in [0.4, 0.5) is 11.8 Å². The van der Waals surface area contributed by atoms with Crippen molar-refractivity contribution in [1.29, 1.82) is 0 Å². The van der Waals surface area contributed by atoms with Crippen molar-refractivity contribution in [2.75, 3.05) is 56.6 Å². The number of nitrogens with zero attached hydrogens (tertiary/aromatic N) is 3. The Bertz CT molecular complexity index is 432. The lowest BCUT2D eigenvalue weighted by Gasteiger charge is -2.26. The van der Waals surface area contributed by atoms with Crippen molar-refractivity contribution in [2.24, 2.45) is 0 Å². The van der Waals surface area contributed by atoms with Crippen LogP contribution < -0.4 is 10.6 Å². The quantitative estimate of drug-likeness (QED) is 0.729. The van der Waals surface area contributed by atoms with E-state index in [0.717, 1.165) is 50.9 Å². The molecule has 0 radical (unpaired) electrons. The molecule has 0 atom stereocenters. The van der Waals surface area contributed by atoms with Gasteiger partial charge in [0.25, 0.3) is 0 Å². The maximum absolute atomic E-state index is 5.33. The molecule has 1 aliphatic rings. The van der Waals surface area contributed by atoms with E-state index < -0.39 is 0 Å². The molecule has 2 N–H and O–H groups in total. The first-order valence-corrected chi connectivity index (χ1v) is 7.02. The minimum absolute atomic E-state index is 0.671. The SMILES string of the molecule is C=CCNc1cc(C)nc(NCCN2CCOCC2)n1. The van der Waals surface area contributed by atoms with Crippen LogP contribution in [-0.2, 0) is 4.74 Å². The van der Waals surface area contributed by atoms with Crippen LogP contribution in [0, 0.1) is 6.92 Å². The topological polar surface area (TPSA) is 62.3 Å². The summed E-state index contributed by atoms with van der Waals surface area (Å²) in [7, 11) is 0. The predicted octanol–water partition coefficient (Wildman–Crippen LogP) is 1.13. The Balaban J connectivity index is 1.81. The largest absolute Gasteiger partial charge is 0.379 e. The van der Waals surface area contributed by atoms with Gasteiger partial charge in [-0.2, -0.15) is 4.98 Å². The first-order valence-electron chi connectivity index (χ1n) is 7.02. The zero-order valence-corrected chi connectivity index (χ0v) is 12.1. The van der Waals surface area contributed by atoms with Crippen LogP contribution in [0.1, 0.15) is 5.69 Å². The smallest absolute Gasteiger partial charge is 0.224 e. The van der Waals surface area contributed by atoms with Crippen molar-refractivity contribution < 1.29 is 4.74 Å². The molecular formula is C14H23N5O. The molecule has 2 rings (SSSR count). The van der Waals surface area contributed by atoms with Gasteiger partial charge in [-0.15, -0.1) is 6.58 Å². The molecule has 20 heavy (non-hydrogen) atoms. The highest BCUT2D eigenvalue weighted by atomic mass is 16.5. The molecule has 1 aromatic rings. The van der Waals surface area contributed by atoms with Gasteiger partial charge in [-0.3, -0.25) is 4.90 Å². The number of rotatable bonds is 7. The first-order chi connectivity index (χ1) is 9.78. The summed E-state index contributed by atoms with van der Waals surface area (Å²) in [6.07, 6.45) is 1.81. The van der Waals surface area contributed by atoms with Gasteiger partial charge in [0.1, 0.15) is 5.82 Å². The van der Waals surface area contributed by atoms with Crippen LogP contribution in [0.3, 0.4) is 0 Å². The highest BCUT2D eigenvalue weighted by Gasteiger charge is 2.09. The molecule has 110 valence electrons. The lowest BCUT2D eigenvalue weighted by atomic mass is 10.4. The van der Waals surface area contributed by atoms with Gasteiger partial charge in [-0.1, -0.05) is 6.08 Å². The van der Waals surface area contributed by atoms with Crippen molar-refractivity contribution in [3.05, 3.63) is 24.4 Å². The lowest BCUT2D eigenvalue weighted by Crippen LogP contribution is -2.39. The summed E-state index contributed by atoms with van der Waals surface area (Å²) in [5.74, 6) is 1.50. The van der Waals surface area contributed by atoms with E-state index in [1.165, 1.54) is 0 Å². The van der Waals surface area contributed by atoms with Crippen molar-refractivity contribution >= 4 is 11.8 Å². The fraction of sp³-hybridized carbons (Fsp3) is 0.571. The molecule has 6 nitrogen and oxygen atoms in total. The van der Waals surface area contributed by atoms with Crippen LogP contribution in [-0.4, -0.2) is 60.8 Å². The van der Waals surface area contributed by atoms with E-state index in [2.05, 4.69) is 32.1 Å². The molecule has 1 fully saturated rings. The Kier molecular flexibility index (Phi) is 5.76. The normalized spacial score (nSPS) is 15.8. The summed E-state index contributed by atoms with van der Waals surface area (Å²) in [4.78, 5) is 11.2. The Morgan fingerprint density at radius 3 is 2.90 bits per heavy atom. The molecule has 0 unspecified atom stereocenters. The molecular weight excluding hydrogens is 254 g/mol. The predicted molar refractivity (Wildman–Crippen MR) is 81.2 cm³/mol. The molecule has 0 bridgehead atoms. The van der Waals surface area contributed by atoms with Gasteiger partial charge in [0.05, 0.1) is 13.2 Å². The lowest BCUT2D eigenvalue weighted by molar-refractivity contribution is 0.0398. The minimum Gasteiger partial charge on any atom is -0.379 e. The summed E-state index contributed by atoms with van der Waals surface area (Å²) in [6.45, 7) is 11.8. The third-order valence-corrected chi connectivity index (χ3v) is 3.10.